The van der Waals surface area contributed by atoms with Crippen LogP contribution in [0.15, 0.2) is 188 Å². The van der Waals surface area contributed by atoms with Crippen LogP contribution in [0.2, 0.25) is 0 Å². The van der Waals surface area contributed by atoms with Crippen LogP contribution in [0.4, 0.5) is 0 Å². The fourth-order valence-electron chi connectivity index (χ4n) is 9.95. The average molecular weight is 803 g/mol. The summed E-state index contributed by atoms with van der Waals surface area (Å²) in [6.07, 6.45) is 0. The Morgan fingerprint density at radius 3 is 1.63 bits per heavy atom. The SMILES string of the molecule is CC1(C)OB(c2ccc3c(c2)C2(c4ccccc4Oc4ccccc42)c2cc(-c4ccc(-c5ccc(-n6c(-c7ccccc7)nc7ccccc76)cc5)cc4)ccc2-3)OC1(C)C. The smallest absolute Gasteiger partial charge is 0.457 e. The van der Waals surface area contributed by atoms with E-state index in [1.165, 1.54) is 22.3 Å². The number of ether oxygens (including phenoxy) is 1. The third kappa shape index (κ3) is 5.40. The van der Waals surface area contributed by atoms with Crippen LogP contribution in [0.25, 0.3) is 61.5 Å². The van der Waals surface area contributed by atoms with Crippen molar-refractivity contribution in [3.8, 4) is 62.0 Å². The molecule has 2 aliphatic heterocycles. The molecule has 6 heteroatoms. The van der Waals surface area contributed by atoms with E-state index in [-0.39, 0.29) is 0 Å². The number of hydrogen-bond acceptors (Lipinski definition) is 4. The van der Waals surface area contributed by atoms with E-state index < -0.39 is 23.7 Å². The van der Waals surface area contributed by atoms with Crippen molar-refractivity contribution < 1.29 is 14.0 Å². The molecule has 1 aromatic heterocycles. The van der Waals surface area contributed by atoms with Crippen molar-refractivity contribution in [1.29, 1.82) is 0 Å². The zero-order valence-electron chi connectivity index (χ0n) is 35.1. The van der Waals surface area contributed by atoms with Gasteiger partial charge in [0.2, 0.25) is 0 Å². The minimum Gasteiger partial charge on any atom is -0.457 e. The van der Waals surface area contributed by atoms with Gasteiger partial charge in [-0.3, -0.25) is 4.57 Å². The van der Waals surface area contributed by atoms with Crippen molar-refractivity contribution in [3.63, 3.8) is 0 Å². The van der Waals surface area contributed by atoms with E-state index >= 15 is 0 Å². The predicted octanol–water partition coefficient (Wildman–Crippen LogP) is 12.8. The summed E-state index contributed by atoms with van der Waals surface area (Å²) in [5.74, 6) is 2.66. The second-order valence-electron chi connectivity index (χ2n) is 17.7. The standard InChI is InChI=1S/C56H43BN2O3/c1-54(2)55(3,4)62-57(61-54)41-29-33-44-43-32-28-40(34-47(43)56(48(44)35-41)45-16-8-12-20-51(45)60-52-21-13-9-17-46(52)56)38-24-22-36(23-25-38)37-26-30-42(31-27-37)59-50-19-11-10-18-49(50)58-53(59)39-14-6-5-7-15-39/h5-35H,1-4H3. The first-order valence-electron chi connectivity index (χ1n) is 21.5. The van der Waals surface area contributed by atoms with Crippen LogP contribution < -0.4 is 10.2 Å². The van der Waals surface area contributed by atoms with Crippen LogP contribution in [0.5, 0.6) is 11.5 Å². The Bertz CT molecular complexity index is 3160. The van der Waals surface area contributed by atoms with Gasteiger partial charge in [0.25, 0.3) is 0 Å². The second-order valence-corrected chi connectivity index (χ2v) is 17.7. The zero-order chi connectivity index (χ0) is 41.8. The molecule has 1 fully saturated rings. The molecule has 0 atom stereocenters. The molecule has 0 unspecified atom stereocenters. The minimum atomic E-state index is -0.631. The Labute approximate surface area is 362 Å². The van der Waals surface area contributed by atoms with E-state index in [0.717, 1.165) is 78.5 Å². The van der Waals surface area contributed by atoms with Gasteiger partial charge < -0.3 is 14.0 Å². The monoisotopic (exact) mass is 802 g/mol. The molecule has 0 bridgehead atoms. The molecule has 1 spiro atoms. The molecule has 0 amide bonds. The lowest BCUT2D eigenvalue weighted by Gasteiger charge is -2.39. The lowest BCUT2D eigenvalue weighted by molar-refractivity contribution is 0.00578. The number of rotatable bonds is 5. The first-order chi connectivity index (χ1) is 30.2. The maximum absolute atomic E-state index is 6.67. The Hall–Kier alpha value is -6.99. The van der Waals surface area contributed by atoms with Gasteiger partial charge in [-0.1, -0.05) is 146 Å². The Balaban J connectivity index is 0.941. The molecule has 3 heterocycles. The van der Waals surface area contributed by atoms with Gasteiger partial charge in [0.15, 0.2) is 0 Å². The molecule has 3 aliphatic rings. The first kappa shape index (κ1) is 36.8. The molecule has 5 nitrogen and oxygen atoms in total. The summed E-state index contributed by atoms with van der Waals surface area (Å²) in [6.45, 7) is 8.44. The lowest BCUT2D eigenvalue weighted by atomic mass is 9.64. The summed E-state index contributed by atoms with van der Waals surface area (Å²) in [7, 11) is -0.487. The predicted molar refractivity (Wildman–Crippen MR) is 250 cm³/mol. The van der Waals surface area contributed by atoms with Crippen LogP contribution in [0.1, 0.15) is 49.9 Å². The van der Waals surface area contributed by atoms with Gasteiger partial charge in [-0.25, -0.2) is 4.98 Å². The molecule has 0 radical (unpaired) electrons. The number of imidazole rings is 1. The van der Waals surface area contributed by atoms with Crippen molar-refractivity contribution in [3.05, 3.63) is 210 Å². The summed E-state index contributed by atoms with van der Waals surface area (Å²) in [4.78, 5) is 5.04. The minimum absolute atomic E-state index is 0.453. The van der Waals surface area contributed by atoms with Crippen LogP contribution in [0, 0.1) is 0 Å². The van der Waals surface area contributed by atoms with Crippen LogP contribution in [-0.2, 0) is 14.7 Å². The van der Waals surface area contributed by atoms with Crippen LogP contribution in [-0.4, -0.2) is 27.9 Å². The molecule has 1 saturated heterocycles. The van der Waals surface area contributed by atoms with E-state index in [1.807, 2.05) is 12.1 Å². The van der Waals surface area contributed by atoms with E-state index in [4.69, 9.17) is 19.0 Å². The quantitative estimate of drug-likeness (QED) is 0.163. The fourth-order valence-corrected chi connectivity index (χ4v) is 9.95. The number of nitrogens with zero attached hydrogens (tertiary/aromatic N) is 2. The van der Waals surface area contributed by atoms with E-state index in [9.17, 15) is 0 Å². The Morgan fingerprint density at radius 2 is 0.968 bits per heavy atom. The second kappa shape index (κ2) is 13.5. The van der Waals surface area contributed by atoms with Crippen molar-refractivity contribution >= 4 is 23.6 Å². The summed E-state index contributed by atoms with van der Waals surface area (Å²) < 4.78 is 22.2. The van der Waals surface area contributed by atoms with Gasteiger partial charge in [0, 0.05) is 22.4 Å². The molecule has 298 valence electrons. The molecule has 1 aliphatic carbocycles. The molecule has 0 N–H and O–H groups in total. The highest BCUT2D eigenvalue weighted by molar-refractivity contribution is 6.62. The maximum Gasteiger partial charge on any atom is 0.494 e. The molecule has 9 aromatic rings. The number of hydrogen-bond donors (Lipinski definition) is 0. The number of para-hydroxylation sites is 4. The van der Waals surface area contributed by atoms with E-state index in [0.29, 0.717) is 0 Å². The topological polar surface area (TPSA) is 45.5 Å². The van der Waals surface area contributed by atoms with Gasteiger partial charge in [0.1, 0.15) is 17.3 Å². The van der Waals surface area contributed by atoms with Gasteiger partial charge in [0.05, 0.1) is 27.7 Å². The molecular weight excluding hydrogens is 759 g/mol. The summed E-state index contributed by atoms with van der Waals surface area (Å²) in [5.41, 5.74) is 15.4. The zero-order valence-corrected chi connectivity index (χ0v) is 35.1. The Morgan fingerprint density at radius 1 is 0.452 bits per heavy atom. The van der Waals surface area contributed by atoms with Crippen LogP contribution in [0.3, 0.4) is 0 Å². The largest absolute Gasteiger partial charge is 0.494 e. The van der Waals surface area contributed by atoms with Gasteiger partial charge in [-0.05, 0) is 120 Å². The number of aromatic nitrogens is 2. The van der Waals surface area contributed by atoms with Crippen LogP contribution >= 0.6 is 0 Å². The summed E-state index contributed by atoms with van der Waals surface area (Å²) >= 11 is 0. The van der Waals surface area contributed by atoms with E-state index in [2.05, 4.69) is 208 Å². The summed E-state index contributed by atoms with van der Waals surface area (Å²) in [6, 6.07) is 67.3. The number of benzene rings is 8. The first-order valence-corrected chi connectivity index (χ1v) is 21.5. The van der Waals surface area contributed by atoms with Crippen molar-refractivity contribution in [2.24, 2.45) is 0 Å². The van der Waals surface area contributed by atoms with E-state index in [1.54, 1.807) is 0 Å². The molecular formula is C56H43BN2O3. The highest BCUT2D eigenvalue weighted by atomic mass is 16.7. The highest BCUT2D eigenvalue weighted by Crippen LogP contribution is 2.62. The van der Waals surface area contributed by atoms with Gasteiger partial charge in [-0.2, -0.15) is 0 Å². The lowest BCUT2D eigenvalue weighted by Crippen LogP contribution is -2.41. The van der Waals surface area contributed by atoms with Gasteiger partial charge >= 0.3 is 7.12 Å². The molecule has 8 aromatic carbocycles. The molecule has 0 saturated carbocycles. The van der Waals surface area contributed by atoms with Gasteiger partial charge in [-0.15, -0.1) is 0 Å². The third-order valence-electron chi connectivity index (χ3n) is 13.8. The third-order valence-corrected chi connectivity index (χ3v) is 13.8. The van der Waals surface area contributed by atoms with Crippen molar-refractivity contribution in [2.75, 3.05) is 0 Å². The maximum atomic E-state index is 6.67. The van der Waals surface area contributed by atoms with Crippen molar-refractivity contribution in [1.82, 2.24) is 9.55 Å². The number of fused-ring (bicyclic) bond motifs is 10. The molecule has 62 heavy (non-hydrogen) atoms. The summed E-state index contributed by atoms with van der Waals surface area (Å²) in [5, 5.41) is 0. The molecule has 12 rings (SSSR count). The van der Waals surface area contributed by atoms with Crippen molar-refractivity contribution in [2.45, 2.75) is 44.3 Å². The normalized spacial score (nSPS) is 16.1. The highest BCUT2D eigenvalue weighted by Gasteiger charge is 2.54. The Kier molecular flexibility index (Phi) is 8.02. The average Bonchev–Trinajstić information content (AvgIpc) is 3.91. The fraction of sp³-hybridized carbons (Fsp3) is 0.125.